The zero-order valence-electron chi connectivity index (χ0n) is 11.2. The lowest BCUT2D eigenvalue weighted by molar-refractivity contribution is 0.210. The predicted molar refractivity (Wildman–Crippen MR) is 79.2 cm³/mol. The third-order valence-electron chi connectivity index (χ3n) is 3.74. The summed E-state index contributed by atoms with van der Waals surface area (Å²) >= 11 is 3.13. The molecule has 0 amide bonds. The van der Waals surface area contributed by atoms with Crippen LogP contribution in [-0.4, -0.2) is 31.9 Å². The molecule has 0 aliphatic carbocycles. The molecule has 1 saturated heterocycles. The minimum atomic E-state index is -3.82. The first-order chi connectivity index (χ1) is 9.36. The Morgan fingerprint density at radius 2 is 2.15 bits per heavy atom. The number of nitrogens with two attached hydrogens (primary N) is 1. The van der Waals surface area contributed by atoms with Crippen LogP contribution in [0, 0.1) is 11.7 Å². The van der Waals surface area contributed by atoms with Crippen LogP contribution >= 0.6 is 15.9 Å². The summed E-state index contributed by atoms with van der Waals surface area (Å²) in [7, 11) is -3.82. The van der Waals surface area contributed by atoms with Gasteiger partial charge in [-0.3, -0.25) is 0 Å². The van der Waals surface area contributed by atoms with Gasteiger partial charge in [0.05, 0.1) is 0 Å². The van der Waals surface area contributed by atoms with E-state index < -0.39 is 15.8 Å². The molecule has 2 N–H and O–H groups in total. The molecule has 0 aromatic heterocycles. The fourth-order valence-corrected chi connectivity index (χ4v) is 4.60. The summed E-state index contributed by atoms with van der Waals surface area (Å²) in [6.45, 7) is 2.65. The molecule has 1 aromatic carbocycles. The lowest BCUT2D eigenvalue weighted by Gasteiger charge is -2.36. The second-order valence-corrected chi connectivity index (χ2v) is 7.95. The van der Waals surface area contributed by atoms with Gasteiger partial charge in [0.25, 0.3) is 0 Å². The quantitative estimate of drug-likeness (QED) is 0.894. The first-order valence-electron chi connectivity index (χ1n) is 6.53. The van der Waals surface area contributed by atoms with Crippen molar-refractivity contribution >= 4 is 26.0 Å². The Labute approximate surface area is 127 Å². The van der Waals surface area contributed by atoms with Crippen LogP contribution in [0.15, 0.2) is 27.6 Å². The maximum absolute atomic E-state index is 13.9. The topological polar surface area (TPSA) is 63.4 Å². The van der Waals surface area contributed by atoms with Crippen molar-refractivity contribution in [1.29, 1.82) is 0 Å². The molecule has 1 aliphatic heterocycles. The Kier molecular flexibility index (Phi) is 4.84. The van der Waals surface area contributed by atoms with Gasteiger partial charge >= 0.3 is 0 Å². The fourth-order valence-electron chi connectivity index (χ4n) is 2.48. The zero-order chi connectivity index (χ0) is 14.9. The number of hydrogen-bond acceptors (Lipinski definition) is 3. The Hall–Kier alpha value is -0.500. The molecular formula is C13H18BrFN2O2S. The molecule has 1 heterocycles. The van der Waals surface area contributed by atoms with Crippen LogP contribution in [0.3, 0.4) is 0 Å². The van der Waals surface area contributed by atoms with Crippen LogP contribution < -0.4 is 5.73 Å². The Morgan fingerprint density at radius 3 is 2.75 bits per heavy atom. The lowest BCUT2D eigenvalue weighted by atomic mass is 9.96. The highest BCUT2D eigenvalue weighted by Crippen LogP contribution is 2.29. The zero-order valence-corrected chi connectivity index (χ0v) is 13.6. The molecule has 7 heteroatoms. The molecule has 0 spiro atoms. The maximum Gasteiger partial charge on any atom is 0.246 e. The van der Waals surface area contributed by atoms with Crippen molar-refractivity contribution in [2.75, 3.05) is 13.1 Å². The average molecular weight is 365 g/mol. The summed E-state index contributed by atoms with van der Waals surface area (Å²) in [4.78, 5) is -0.273. The van der Waals surface area contributed by atoms with Crippen LogP contribution in [0.2, 0.25) is 0 Å². The SMILES string of the molecule is CC1CCC(CN)CN1S(=O)(=O)c1ccc(Br)cc1F. The molecule has 2 unspecified atom stereocenters. The van der Waals surface area contributed by atoms with E-state index in [2.05, 4.69) is 15.9 Å². The number of piperidine rings is 1. The summed E-state index contributed by atoms with van der Waals surface area (Å²) in [6, 6.07) is 3.87. The van der Waals surface area contributed by atoms with Crippen molar-refractivity contribution in [2.24, 2.45) is 11.7 Å². The van der Waals surface area contributed by atoms with Gasteiger partial charge in [-0.25, -0.2) is 12.8 Å². The van der Waals surface area contributed by atoms with E-state index in [9.17, 15) is 12.8 Å². The summed E-state index contributed by atoms with van der Waals surface area (Å²) in [6.07, 6.45) is 1.66. The van der Waals surface area contributed by atoms with E-state index in [0.717, 1.165) is 12.8 Å². The minimum absolute atomic E-state index is 0.133. The largest absolute Gasteiger partial charge is 0.330 e. The highest BCUT2D eigenvalue weighted by molar-refractivity contribution is 9.10. The molecule has 2 rings (SSSR count). The molecule has 112 valence electrons. The number of nitrogens with zero attached hydrogens (tertiary/aromatic N) is 1. The smallest absolute Gasteiger partial charge is 0.246 e. The Morgan fingerprint density at radius 1 is 1.45 bits per heavy atom. The van der Waals surface area contributed by atoms with Gasteiger partial charge in [0.2, 0.25) is 10.0 Å². The first-order valence-corrected chi connectivity index (χ1v) is 8.76. The van der Waals surface area contributed by atoms with Crippen molar-refractivity contribution in [1.82, 2.24) is 4.31 Å². The highest BCUT2D eigenvalue weighted by Gasteiger charge is 2.35. The van der Waals surface area contributed by atoms with Crippen LogP contribution in [0.5, 0.6) is 0 Å². The lowest BCUT2D eigenvalue weighted by Crippen LogP contribution is -2.47. The normalized spacial score (nSPS) is 24.8. The van der Waals surface area contributed by atoms with Gasteiger partial charge in [0, 0.05) is 17.1 Å². The van der Waals surface area contributed by atoms with E-state index in [1.807, 2.05) is 6.92 Å². The average Bonchev–Trinajstić information content (AvgIpc) is 2.38. The van der Waals surface area contributed by atoms with E-state index in [4.69, 9.17) is 5.73 Å². The van der Waals surface area contributed by atoms with Gasteiger partial charge in [-0.05, 0) is 50.4 Å². The van der Waals surface area contributed by atoms with Gasteiger partial charge in [-0.1, -0.05) is 15.9 Å². The van der Waals surface area contributed by atoms with E-state index in [1.54, 1.807) is 0 Å². The molecule has 2 atom stereocenters. The number of benzene rings is 1. The van der Waals surface area contributed by atoms with E-state index in [-0.39, 0.29) is 16.9 Å². The van der Waals surface area contributed by atoms with E-state index in [0.29, 0.717) is 17.6 Å². The second-order valence-electron chi connectivity index (χ2n) is 5.18. The fraction of sp³-hybridized carbons (Fsp3) is 0.538. The number of hydrogen-bond donors (Lipinski definition) is 1. The Bertz CT molecular complexity index is 594. The van der Waals surface area contributed by atoms with Crippen LogP contribution in [0.4, 0.5) is 4.39 Å². The summed E-state index contributed by atoms with van der Waals surface area (Å²) in [5, 5.41) is 0. The molecule has 0 radical (unpaired) electrons. The van der Waals surface area contributed by atoms with Crippen molar-refractivity contribution in [3.8, 4) is 0 Å². The van der Waals surface area contributed by atoms with Gasteiger partial charge in [0.15, 0.2) is 0 Å². The van der Waals surface area contributed by atoms with Gasteiger partial charge in [-0.2, -0.15) is 4.31 Å². The first kappa shape index (κ1) is 15.9. The molecule has 0 saturated carbocycles. The molecular weight excluding hydrogens is 347 g/mol. The molecule has 1 fully saturated rings. The van der Waals surface area contributed by atoms with Crippen molar-refractivity contribution < 1.29 is 12.8 Å². The number of halogens is 2. The third kappa shape index (κ3) is 3.05. The van der Waals surface area contributed by atoms with Crippen molar-refractivity contribution in [2.45, 2.75) is 30.7 Å². The molecule has 1 aromatic rings. The van der Waals surface area contributed by atoms with E-state index in [1.165, 1.54) is 22.5 Å². The van der Waals surface area contributed by atoms with Gasteiger partial charge < -0.3 is 5.73 Å². The van der Waals surface area contributed by atoms with Gasteiger partial charge in [-0.15, -0.1) is 0 Å². The summed E-state index contributed by atoms with van der Waals surface area (Å²) in [5.74, 6) is -0.596. The van der Waals surface area contributed by atoms with E-state index >= 15 is 0 Å². The maximum atomic E-state index is 13.9. The van der Waals surface area contributed by atoms with Gasteiger partial charge in [0.1, 0.15) is 10.7 Å². The molecule has 4 nitrogen and oxygen atoms in total. The second kappa shape index (κ2) is 6.09. The molecule has 20 heavy (non-hydrogen) atoms. The summed E-state index contributed by atoms with van der Waals surface area (Å²) in [5.41, 5.74) is 5.64. The third-order valence-corrected chi connectivity index (χ3v) is 6.24. The van der Waals surface area contributed by atoms with Crippen LogP contribution in [0.25, 0.3) is 0 Å². The minimum Gasteiger partial charge on any atom is -0.330 e. The monoisotopic (exact) mass is 364 g/mol. The van der Waals surface area contributed by atoms with Crippen molar-refractivity contribution in [3.63, 3.8) is 0 Å². The molecule has 0 bridgehead atoms. The van der Waals surface area contributed by atoms with Crippen LogP contribution in [-0.2, 0) is 10.0 Å². The van der Waals surface area contributed by atoms with Crippen molar-refractivity contribution in [3.05, 3.63) is 28.5 Å². The summed E-state index contributed by atoms with van der Waals surface area (Å²) < 4.78 is 41.1. The Balaban J connectivity index is 2.38. The highest BCUT2D eigenvalue weighted by atomic mass is 79.9. The predicted octanol–water partition coefficient (Wildman–Crippen LogP) is 2.34. The number of sulfonamides is 1. The molecule has 1 aliphatic rings. The van der Waals surface area contributed by atoms with Crippen LogP contribution in [0.1, 0.15) is 19.8 Å². The standard InChI is InChI=1S/C13H18BrFN2O2S/c1-9-2-3-10(7-16)8-17(9)20(18,19)13-5-4-11(14)6-12(13)15/h4-6,9-10H,2-3,7-8,16H2,1H3. The number of rotatable bonds is 3.